The van der Waals surface area contributed by atoms with Gasteiger partial charge in [0.25, 0.3) is 0 Å². The molecular formula is C11H26N2O. The van der Waals surface area contributed by atoms with Crippen molar-refractivity contribution >= 4 is 0 Å². The first kappa shape index (κ1) is 13.9. The summed E-state index contributed by atoms with van der Waals surface area (Å²) in [6, 6.07) is 0.728. The van der Waals surface area contributed by atoms with E-state index in [1.807, 2.05) is 13.8 Å². The Balaban J connectivity index is 0.000000791. The number of nitrogens with zero attached hydrogens (tertiary/aromatic N) is 1. The number of hydrogen-bond acceptors (Lipinski definition) is 3. The van der Waals surface area contributed by atoms with Gasteiger partial charge < -0.3 is 15.3 Å². The molecule has 1 atom stereocenters. The summed E-state index contributed by atoms with van der Waals surface area (Å²) in [5.41, 5.74) is 0. The van der Waals surface area contributed by atoms with Crippen LogP contribution in [0, 0.1) is 0 Å². The van der Waals surface area contributed by atoms with Gasteiger partial charge in [0.1, 0.15) is 0 Å². The third-order valence-corrected chi connectivity index (χ3v) is 2.50. The van der Waals surface area contributed by atoms with Gasteiger partial charge in [0.15, 0.2) is 0 Å². The van der Waals surface area contributed by atoms with Crippen LogP contribution in [0.15, 0.2) is 0 Å². The van der Waals surface area contributed by atoms with Gasteiger partial charge in [0, 0.05) is 12.6 Å². The SMILES string of the molecule is CC.CN(CCO)CCC1CCCN1. The lowest BCUT2D eigenvalue weighted by Gasteiger charge is -2.17. The zero-order chi connectivity index (χ0) is 10.8. The van der Waals surface area contributed by atoms with Gasteiger partial charge in [0.2, 0.25) is 0 Å². The maximum atomic E-state index is 8.67. The second kappa shape index (κ2) is 9.44. The fourth-order valence-electron chi connectivity index (χ4n) is 1.66. The smallest absolute Gasteiger partial charge is 0.0558 e. The van der Waals surface area contributed by atoms with E-state index >= 15 is 0 Å². The van der Waals surface area contributed by atoms with Crippen LogP contribution < -0.4 is 5.32 Å². The van der Waals surface area contributed by atoms with Crippen molar-refractivity contribution in [1.82, 2.24) is 10.2 Å². The number of hydrogen-bond donors (Lipinski definition) is 2. The summed E-state index contributed by atoms with van der Waals surface area (Å²) in [6.07, 6.45) is 3.87. The second-order valence-electron chi connectivity index (χ2n) is 3.61. The fourth-order valence-corrected chi connectivity index (χ4v) is 1.66. The summed E-state index contributed by atoms with van der Waals surface area (Å²) in [5, 5.41) is 12.1. The highest BCUT2D eigenvalue weighted by Crippen LogP contribution is 2.08. The Morgan fingerprint density at radius 3 is 2.57 bits per heavy atom. The molecular weight excluding hydrogens is 176 g/mol. The van der Waals surface area contributed by atoms with Crippen LogP contribution in [0.25, 0.3) is 0 Å². The highest BCUT2D eigenvalue weighted by Gasteiger charge is 2.13. The van der Waals surface area contributed by atoms with Crippen LogP contribution in [0.3, 0.4) is 0 Å². The molecule has 1 rings (SSSR count). The summed E-state index contributed by atoms with van der Waals surface area (Å²) in [4.78, 5) is 2.18. The maximum Gasteiger partial charge on any atom is 0.0558 e. The Morgan fingerprint density at radius 2 is 2.07 bits per heavy atom. The Hall–Kier alpha value is -0.120. The van der Waals surface area contributed by atoms with Crippen molar-refractivity contribution in [3.8, 4) is 0 Å². The van der Waals surface area contributed by atoms with Gasteiger partial charge in [-0.15, -0.1) is 0 Å². The molecule has 1 aliphatic heterocycles. The van der Waals surface area contributed by atoms with Gasteiger partial charge in [0.05, 0.1) is 6.61 Å². The van der Waals surface area contributed by atoms with Crippen LogP contribution in [0.1, 0.15) is 33.1 Å². The molecule has 0 aromatic heterocycles. The quantitative estimate of drug-likeness (QED) is 0.700. The molecule has 3 heteroatoms. The summed E-state index contributed by atoms with van der Waals surface area (Å²) >= 11 is 0. The van der Waals surface area contributed by atoms with E-state index in [-0.39, 0.29) is 6.61 Å². The highest BCUT2D eigenvalue weighted by molar-refractivity contribution is 4.74. The molecule has 86 valence electrons. The molecule has 1 aliphatic rings. The normalized spacial score (nSPS) is 20.8. The minimum atomic E-state index is 0.272. The van der Waals surface area contributed by atoms with E-state index in [1.54, 1.807) is 0 Å². The van der Waals surface area contributed by atoms with Crippen LogP contribution >= 0.6 is 0 Å². The highest BCUT2D eigenvalue weighted by atomic mass is 16.3. The topological polar surface area (TPSA) is 35.5 Å². The number of aliphatic hydroxyl groups excluding tert-OH is 1. The zero-order valence-corrected chi connectivity index (χ0v) is 9.92. The number of likely N-dealkylation sites (N-methyl/N-ethyl adjacent to an activating group) is 1. The first-order chi connectivity index (χ1) is 6.83. The molecule has 1 unspecified atom stereocenters. The van der Waals surface area contributed by atoms with Crippen molar-refractivity contribution in [2.24, 2.45) is 0 Å². The lowest BCUT2D eigenvalue weighted by Crippen LogP contribution is -2.29. The Bertz CT molecular complexity index is 114. The molecule has 0 spiro atoms. The molecule has 1 heterocycles. The van der Waals surface area contributed by atoms with E-state index in [0.717, 1.165) is 19.1 Å². The van der Waals surface area contributed by atoms with Gasteiger partial charge in [-0.25, -0.2) is 0 Å². The Morgan fingerprint density at radius 1 is 1.36 bits per heavy atom. The molecule has 0 aliphatic carbocycles. The van der Waals surface area contributed by atoms with Gasteiger partial charge in [-0.05, 0) is 39.4 Å². The molecule has 0 saturated carbocycles. The lowest BCUT2D eigenvalue weighted by molar-refractivity contribution is 0.216. The van der Waals surface area contributed by atoms with Crippen LogP contribution in [0.2, 0.25) is 0 Å². The van der Waals surface area contributed by atoms with Crippen molar-refractivity contribution in [3.05, 3.63) is 0 Å². The Labute approximate surface area is 88.5 Å². The summed E-state index contributed by atoms with van der Waals surface area (Å²) < 4.78 is 0. The molecule has 14 heavy (non-hydrogen) atoms. The third kappa shape index (κ3) is 6.35. The van der Waals surface area contributed by atoms with Crippen LogP contribution in [-0.4, -0.2) is 49.3 Å². The molecule has 1 saturated heterocycles. The average molecular weight is 202 g/mol. The molecule has 0 radical (unpaired) electrons. The molecule has 2 N–H and O–H groups in total. The van der Waals surface area contributed by atoms with E-state index < -0.39 is 0 Å². The summed E-state index contributed by atoms with van der Waals surface area (Å²) in [5.74, 6) is 0. The standard InChI is InChI=1S/C9H20N2O.C2H6/c1-11(7-8-12)6-4-9-3-2-5-10-9;1-2/h9-10,12H,2-8H2,1H3;1-2H3. The van der Waals surface area contributed by atoms with Crippen LogP contribution in [0.5, 0.6) is 0 Å². The van der Waals surface area contributed by atoms with E-state index in [2.05, 4.69) is 17.3 Å². The number of rotatable bonds is 5. The van der Waals surface area contributed by atoms with E-state index in [9.17, 15) is 0 Å². The average Bonchev–Trinajstić information content (AvgIpc) is 2.71. The van der Waals surface area contributed by atoms with Crippen molar-refractivity contribution < 1.29 is 5.11 Å². The molecule has 0 aromatic carbocycles. The molecule has 3 nitrogen and oxygen atoms in total. The summed E-state index contributed by atoms with van der Waals surface area (Å²) in [6.45, 7) is 7.36. The third-order valence-electron chi connectivity index (χ3n) is 2.50. The zero-order valence-electron chi connectivity index (χ0n) is 9.92. The molecule has 0 bridgehead atoms. The largest absolute Gasteiger partial charge is 0.395 e. The first-order valence-electron chi connectivity index (χ1n) is 5.85. The van der Waals surface area contributed by atoms with Crippen molar-refractivity contribution in [3.63, 3.8) is 0 Å². The first-order valence-corrected chi connectivity index (χ1v) is 5.85. The fraction of sp³-hybridized carbons (Fsp3) is 1.00. The van der Waals surface area contributed by atoms with Crippen molar-refractivity contribution in [2.45, 2.75) is 39.2 Å². The van der Waals surface area contributed by atoms with Crippen molar-refractivity contribution in [1.29, 1.82) is 0 Å². The molecule has 0 aromatic rings. The van der Waals surface area contributed by atoms with Gasteiger partial charge >= 0.3 is 0 Å². The van der Waals surface area contributed by atoms with Gasteiger partial charge in [-0.1, -0.05) is 13.8 Å². The summed E-state index contributed by atoms with van der Waals surface area (Å²) in [7, 11) is 2.06. The predicted molar refractivity (Wildman–Crippen MR) is 61.6 cm³/mol. The minimum Gasteiger partial charge on any atom is -0.395 e. The molecule has 1 fully saturated rings. The van der Waals surface area contributed by atoms with E-state index in [0.29, 0.717) is 0 Å². The van der Waals surface area contributed by atoms with Gasteiger partial charge in [-0.2, -0.15) is 0 Å². The van der Waals surface area contributed by atoms with Gasteiger partial charge in [-0.3, -0.25) is 0 Å². The lowest BCUT2D eigenvalue weighted by atomic mass is 10.1. The monoisotopic (exact) mass is 202 g/mol. The predicted octanol–water partition coefficient (Wildman–Crippen LogP) is 1.08. The van der Waals surface area contributed by atoms with Crippen molar-refractivity contribution in [2.75, 3.05) is 33.3 Å². The molecule has 0 amide bonds. The maximum absolute atomic E-state index is 8.67. The van der Waals surface area contributed by atoms with E-state index in [1.165, 1.54) is 25.8 Å². The number of nitrogens with one attached hydrogen (secondary N) is 1. The minimum absolute atomic E-state index is 0.272. The Kier molecular flexibility index (Phi) is 9.35. The van der Waals surface area contributed by atoms with E-state index in [4.69, 9.17) is 5.11 Å². The van der Waals surface area contributed by atoms with Crippen LogP contribution in [0.4, 0.5) is 0 Å². The van der Waals surface area contributed by atoms with Crippen LogP contribution in [-0.2, 0) is 0 Å². The number of aliphatic hydroxyl groups is 1. The second-order valence-corrected chi connectivity index (χ2v) is 3.61.